The lowest BCUT2D eigenvalue weighted by molar-refractivity contribution is -0.123. The van der Waals surface area contributed by atoms with Gasteiger partial charge in [0.1, 0.15) is 5.58 Å². The number of benzene rings is 2. The Balaban J connectivity index is 0.00000272. The Morgan fingerprint density at radius 2 is 1.90 bits per heavy atom. The third kappa shape index (κ3) is 5.53. The van der Waals surface area contributed by atoms with Crippen LogP contribution in [0.4, 0.5) is 0 Å². The van der Waals surface area contributed by atoms with Crippen molar-refractivity contribution in [3.8, 4) is 0 Å². The molecule has 0 amide bonds. The average Bonchev–Trinajstić information content (AvgIpc) is 3.40. The first-order valence-electron chi connectivity index (χ1n) is 10.2. The van der Waals surface area contributed by atoms with Gasteiger partial charge < -0.3 is 19.2 Å². The second-order valence-corrected chi connectivity index (χ2v) is 7.40. The van der Waals surface area contributed by atoms with Crippen molar-refractivity contribution in [3.63, 3.8) is 0 Å². The molecule has 1 aromatic heterocycles. The molecule has 1 fully saturated rings. The molecule has 7 heteroatoms. The van der Waals surface area contributed by atoms with Gasteiger partial charge in [0, 0.05) is 11.8 Å². The van der Waals surface area contributed by atoms with Crippen LogP contribution in [0.15, 0.2) is 59.0 Å². The van der Waals surface area contributed by atoms with E-state index in [1.54, 1.807) is 19.1 Å². The fourth-order valence-electron chi connectivity index (χ4n) is 3.77. The van der Waals surface area contributed by atoms with E-state index >= 15 is 0 Å². The number of Topliss-reactive ketones (excluding diaryl/α,β-unsaturated/α-hetero) is 1. The first-order valence-corrected chi connectivity index (χ1v) is 10.2. The molecule has 0 bridgehead atoms. The summed E-state index contributed by atoms with van der Waals surface area (Å²) in [6.45, 7) is 3.30. The van der Waals surface area contributed by atoms with Crippen LogP contribution in [0.5, 0.6) is 0 Å². The van der Waals surface area contributed by atoms with Gasteiger partial charge in [0.25, 0.3) is 0 Å². The van der Waals surface area contributed by atoms with Gasteiger partial charge in [0.15, 0.2) is 5.78 Å². The van der Waals surface area contributed by atoms with E-state index in [9.17, 15) is 9.59 Å². The number of furan rings is 1. The number of esters is 1. The predicted molar refractivity (Wildman–Crippen MR) is 120 cm³/mol. The largest absolute Gasteiger partial charge is 0.460 e. The van der Waals surface area contributed by atoms with Gasteiger partial charge >= 0.3 is 5.97 Å². The Morgan fingerprint density at radius 1 is 1.10 bits per heavy atom. The summed E-state index contributed by atoms with van der Waals surface area (Å²) in [5.41, 5.74) is 2.56. The minimum atomic E-state index is -0.486. The second-order valence-electron chi connectivity index (χ2n) is 7.40. The zero-order valence-electron chi connectivity index (χ0n) is 17.3. The molecular formula is C24H26ClNO5. The Bertz CT molecular complexity index is 1030. The van der Waals surface area contributed by atoms with Crippen LogP contribution in [-0.2, 0) is 27.3 Å². The lowest BCUT2D eigenvalue weighted by atomic mass is 10.00. The van der Waals surface area contributed by atoms with Crippen molar-refractivity contribution in [1.82, 2.24) is 5.32 Å². The highest BCUT2D eigenvalue weighted by atomic mass is 35.5. The third-order valence-corrected chi connectivity index (χ3v) is 5.25. The molecule has 0 spiro atoms. The number of fused-ring (bicyclic) bond motifs is 1. The van der Waals surface area contributed by atoms with Gasteiger partial charge in [-0.25, -0.2) is 4.79 Å². The summed E-state index contributed by atoms with van der Waals surface area (Å²) in [6, 6.07) is 16.8. The number of ketones is 1. The summed E-state index contributed by atoms with van der Waals surface area (Å²) in [5.74, 6) is -0.221. The summed E-state index contributed by atoms with van der Waals surface area (Å²) in [4.78, 5) is 24.8. The molecule has 2 heterocycles. The molecule has 0 aliphatic carbocycles. The van der Waals surface area contributed by atoms with Crippen LogP contribution in [-0.4, -0.2) is 37.0 Å². The van der Waals surface area contributed by atoms with Crippen molar-refractivity contribution in [3.05, 3.63) is 71.5 Å². The number of ether oxygens (including phenoxy) is 2. The lowest BCUT2D eigenvalue weighted by Crippen LogP contribution is -2.40. The second kappa shape index (κ2) is 10.6. The van der Waals surface area contributed by atoms with E-state index in [-0.39, 0.29) is 42.7 Å². The van der Waals surface area contributed by atoms with Gasteiger partial charge in [0.2, 0.25) is 5.76 Å². The maximum Gasteiger partial charge on any atom is 0.374 e. The van der Waals surface area contributed by atoms with Gasteiger partial charge in [-0.2, -0.15) is 0 Å². The average molecular weight is 444 g/mol. The minimum Gasteiger partial charge on any atom is -0.460 e. The summed E-state index contributed by atoms with van der Waals surface area (Å²) in [6.07, 6.45) is 0.969. The first kappa shape index (κ1) is 23.0. The molecule has 1 aliphatic rings. The molecule has 31 heavy (non-hydrogen) atoms. The van der Waals surface area contributed by atoms with Crippen LogP contribution in [0.1, 0.15) is 35.0 Å². The van der Waals surface area contributed by atoms with Crippen LogP contribution < -0.4 is 5.32 Å². The fourth-order valence-corrected chi connectivity index (χ4v) is 3.77. The number of hydrogen-bond acceptors (Lipinski definition) is 6. The summed E-state index contributed by atoms with van der Waals surface area (Å²) in [5, 5.41) is 4.06. The van der Waals surface area contributed by atoms with Crippen LogP contribution in [0.3, 0.4) is 0 Å². The molecule has 164 valence electrons. The van der Waals surface area contributed by atoms with Crippen molar-refractivity contribution >= 4 is 35.1 Å². The van der Waals surface area contributed by atoms with Crippen molar-refractivity contribution in [2.75, 3.05) is 13.2 Å². The normalized spacial score (nSPS) is 18.0. The first-order chi connectivity index (χ1) is 14.6. The smallest absolute Gasteiger partial charge is 0.374 e. The molecule has 6 nitrogen and oxygen atoms in total. The van der Waals surface area contributed by atoms with Gasteiger partial charge in [-0.3, -0.25) is 4.79 Å². The van der Waals surface area contributed by atoms with Crippen molar-refractivity contribution in [1.29, 1.82) is 0 Å². The monoisotopic (exact) mass is 443 g/mol. The molecule has 4 rings (SSSR count). The topological polar surface area (TPSA) is 77.8 Å². The molecular weight excluding hydrogens is 418 g/mol. The van der Waals surface area contributed by atoms with E-state index in [0.717, 1.165) is 29.5 Å². The van der Waals surface area contributed by atoms with Crippen molar-refractivity contribution in [2.45, 2.75) is 38.5 Å². The maximum absolute atomic E-state index is 12.9. The fraction of sp³-hybridized carbons (Fsp3) is 0.333. The number of carbonyl (C=O) groups excluding carboxylic acids is 2. The van der Waals surface area contributed by atoms with Crippen LogP contribution in [0, 0.1) is 0 Å². The van der Waals surface area contributed by atoms with Gasteiger partial charge in [-0.05, 0) is 49.2 Å². The number of nitrogens with one attached hydrogen (secondary N) is 1. The van der Waals surface area contributed by atoms with Crippen molar-refractivity contribution in [2.24, 2.45) is 0 Å². The molecule has 3 aromatic rings. The third-order valence-electron chi connectivity index (χ3n) is 5.25. The lowest BCUT2D eigenvalue weighted by Gasteiger charge is -2.19. The summed E-state index contributed by atoms with van der Waals surface area (Å²) in [7, 11) is 0. The summed E-state index contributed by atoms with van der Waals surface area (Å²) < 4.78 is 16.6. The standard InChI is InChI=1S/C24H25NO5.ClH/c1-2-28-24(27)22-14-18-12-17(8-9-20(18)30-22)13-19(26)23-21(10-11-25-23)29-15-16-6-4-3-5-7-16;/h3-9,12,14,21,23,25H,2,10-11,13,15H2,1H3;1H/t21-,23+;/m0./s1. The highest BCUT2D eigenvalue weighted by Crippen LogP contribution is 2.23. The van der Waals surface area contributed by atoms with Gasteiger partial charge in [0.05, 0.1) is 25.4 Å². The zero-order valence-corrected chi connectivity index (χ0v) is 18.2. The Hall–Kier alpha value is -2.67. The molecule has 1 aliphatic heterocycles. The molecule has 1 saturated heterocycles. The van der Waals surface area contributed by atoms with Crippen LogP contribution >= 0.6 is 12.4 Å². The van der Waals surface area contributed by atoms with Crippen molar-refractivity contribution < 1.29 is 23.5 Å². The quantitative estimate of drug-likeness (QED) is 0.528. The SMILES string of the molecule is CCOC(=O)c1cc2cc(CC(=O)[C@H]3NCC[C@@H]3OCc3ccccc3)ccc2o1.Cl. The molecule has 1 N–H and O–H groups in total. The van der Waals surface area contributed by atoms with E-state index in [1.165, 1.54) is 0 Å². The van der Waals surface area contributed by atoms with Gasteiger partial charge in [-0.15, -0.1) is 12.4 Å². The molecule has 0 radical (unpaired) electrons. The zero-order chi connectivity index (χ0) is 20.9. The Morgan fingerprint density at radius 3 is 2.68 bits per heavy atom. The van der Waals surface area contributed by atoms with Gasteiger partial charge in [-0.1, -0.05) is 36.4 Å². The minimum absolute atomic E-state index is 0. The van der Waals surface area contributed by atoms with E-state index < -0.39 is 5.97 Å². The Kier molecular flexibility index (Phi) is 7.85. The molecule has 2 atom stereocenters. The van der Waals surface area contributed by atoms with Crippen LogP contribution in [0.25, 0.3) is 11.0 Å². The van der Waals surface area contributed by atoms with E-state index in [1.807, 2.05) is 42.5 Å². The van der Waals surface area contributed by atoms with Crippen LogP contribution in [0.2, 0.25) is 0 Å². The van der Waals surface area contributed by atoms with E-state index in [2.05, 4.69) is 5.32 Å². The Labute approximate surface area is 187 Å². The van der Waals surface area contributed by atoms with E-state index in [0.29, 0.717) is 18.6 Å². The maximum atomic E-state index is 12.9. The number of rotatable bonds is 8. The predicted octanol–water partition coefficient (Wildman–Crippen LogP) is 4.09. The highest BCUT2D eigenvalue weighted by Gasteiger charge is 2.33. The summed E-state index contributed by atoms with van der Waals surface area (Å²) >= 11 is 0. The number of carbonyl (C=O) groups is 2. The molecule has 2 aromatic carbocycles. The number of hydrogen-bond donors (Lipinski definition) is 1. The molecule has 0 saturated carbocycles. The highest BCUT2D eigenvalue weighted by molar-refractivity contribution is 5.93. The number of halogens is 1. The molecule has 0 unspecified atom stereocenters. The van der Waals surface area contributed by atoms with E-state index in [4.69, 9.17) is 13.9 Å².